The number of unbranched alkanes of at least 4 members (excludes halogenated alkanes) is 15. The number of hydrogen-bond acceptors (Lipinski definition) is 3. The SMILES string of the molecule is CCCCCCCCCCCCCCCCCCNCCS(=O)(=O)O. The zero-order valence-corrected chi connectivity index (χ0v) is 17.4. The molecule has 0 bridgehead atoms. The highest BCUT2D eigenvalue weighted by atomic mass is 32.2. The third kappa shape index (κ3) is 23.9. The fraction of sp³-hybridized carbons (Fsp3) is 1.00. The van der Waals surface area contributed by atoms with E-state index in [0.29, 0.717) is 6.54 Å². The molecular formula is C20H43NO3S. The molecule has 152 valence electrons. The van der Waals surface area contributed by atoms with Crippen molar-refractivity contribution in [3.8, 4) is 0 Å². The zero-order valence-electron chi connectivity index (χ0n) is 16.6. The molecule has 0 saturated carbocycles. The molecule has 0 unspecified atom stereocenters. The van der Waals surface area contributed by atoms with Crippen LogP contribution in [-0.4, -0.2) is 31.8 Å². The maximum atomic E-state index is 10.5. The van der Waals surface area contributed by atoms with Gasteiger partial charge < -0.3 is 5.32 Å². The Hall–Kier alpha value is -0.130. The average Bonchev–Trinajstić information content (AvgIpc) is 2.56. The molecular weight excluding hydrogens is 334 g/mol. The van der Waals surface area contributed by atoms with Gasteiger partial charge in [0.2, 0.25) is 0 Å². The van der Waals surface area contributed by atoms with Gasteiger partial charge in [-0.1, -0.05) is 103 Å². The predicted octanol–water partition coefficient (Wildman–Crippen LogP) is 5.73. The second-order valence-corrected chi connectivity index (χ2v) is 8.91. The van der Waals surface area contributed by atoms with Crippen LogP contribution >= 0.6 is 0 Å². The Kier molecular flexibility index (Phi) is 18.6. The summed E-state index contributed by atoms with van der Waals surface area (Å²) in [5.41, 5.74) is 0. The number of nitrogens with one attached hydrogen (secondary N) is 1. The fourth-order valence-corrected chi connectivity index (χ4v) is 3.53. The molecule has 0 atom stereocenters. The summed E-state index contributed by atoms with van der Waals surface area (Å²) >= 11 is 0. The van der Waals surface area contributed by atoms with Gasteiger partial charge in [-0.25, -0.2) is 0 Å². The summed E-state index contributed by atoms with van der Waals surface area (Å²) in [6.45, 7) is 3.46. The highest BCUT2D eigenvalue weighted by molar-refractivity contribution is 7.85. The van der Waals surface area contributed by atoms with Crippen molar-refractivity contribution in [3.63, 3.8) is 0 Å². The summed E-state index contributed by atoms with van der Waals surface area (Å²) in [7, 11) is -3.81. The Morgan fingerprint density at radius 2 is 0.960 bits per heavy atom. The molecule has 0 saturated heterocycles. The van der Waals surface area contributed by atoms with E-state index >= 15 is 0 Å². The molecule has 0 aromatic rings. The highest BCUT2D eigenvalue weighted by Gasteiger charge is 2.02. The molecule has 0 aliphatic heterocycles. The van der Waals surface area contributed by atoms with Crippen molar-refractivity contribution in [3.05, 3.63) is 0 Å². The van der Waals surface area contributed by atoms with Gasteiger partial charge in [0.25, 0.3) is 10.1 Å². The molecule has 0 aromatic heterocycles. The second-order valence-electron chi connectivity index (χ2n) is 7.34. The molecule has 0 aromatic carbocycles. The molecule has 0 fully saturated rings. The summed E-state index contributed by atoms with van der Waals surface area (Å²) < 4.78 is 29.7. The first-order valence-electron chi connectivity index (χ1n) is 10.7. The fourth-order valence-electron chi connectivity index (χ4n) is 3.12. The van der Waals surface area contributed by atoms with Gasteiger partial charge in [0.05, 0.1) is 5.75 Å². The van der Waals surface area contributed by atoms with E-state index < -0.39 is 10.1 Å². The molecule has 0 radical (unpaired) electrons. The Morgan fingerprint density at radius 1 is 0.600 bits per heavy atom. The van der Waals surface area contributed by atoms with Crippen molar-refractivity contribution >= 4 is 10.1 Å². The molecule has 0 amide bonds. The van der Waals surface area contributed by atoms with Crippen LogP contribution in [0.5, 0.6) is 0 Å². The Balaban J connectivity index is 3.03. The molecule has 25 heavy (non-hydrogen) atoms. The summed E-state index contributed by atoms with van der Waals surface area (Å²) in [6.07, 6.45) is 21.8. The zero-order chi connectivity index (χ0) is 18.6. The summed E-state index contributed by atoms with van der Waals surface area (Å²) in [6, 6.07) is 0. The summed E-state index contributed by atoms with van der Waals surface area (Å²) in [4.78, 5) is 0. The molecule has 0 heterocycles. The van der Waals surface area contributed by atoms with Crippen molar-refractivity contribution in [2.24, 2.45) is 0 Å². The standard InChI is InChI=1S/C20H43NO3S/c1-2-3-4-5-6-7-8-9-10-11-12-13-14-15-16-17-18-21-19-20-25(22,23)24/h21H,2-20H2,1H3,(H,22,23,24). The quantitative estimate of drug-likeness (QED) is 0.210. The summed E-state index contributed by atoms with van der Waals surface area (Å²) in [5, 5.41) is 3.05. The first kappa shape index (κ1) is 24.9. The van der Waals surface area contributed by atoms with Crippen molar-refractivity contribution in [1.82, 2.24) is 5.32 Å². The van der Waals surface area contributed by atoms with Crippen molar-refractivity contribution < 1.29 is 13.0 Å². The lowest BCUT2D eigenvalue weighted by Crippen LogP contribution is -2.23. The molecule has 5 heteroatoms. The number of hydrogen-bond donors (Lipinski definition) is 2. The van der Waals surface area contributed by atoms with Crippen LogP contribution in [0.3, 0.4) is 0 Å². The largest absolute Gasteiger partial charge is 0.316 e. The minimum absolute atomic E-state index is 0.189. The van der Waals surface area contributed by atoms with Crippen LogP contribution < -0.4 is 5.32 Å². The van der Waals surface area contributed by atoms with Gasteiger partial charge in [0.1, 0.15) is 0 Å². The maximum absolute atomic E-state index is 10.5. The number of rotatable bonds is 20. The van der Waals surface area contributed by atoms with Crippen LogP contribution in [0.25, 0.3) is 0 Å². The van der Waals surface area contributed by atoms with Gasteiger partial charge >= 0.3 is 0 Å². The average molecular weight is 378 g/mol. The Morgan fingerprint density at radius 3 is 1.32 bits per heavy atom. The van der Waals surface area contributed by atoms with E-state index in [1.165, 1.54) is 96.3 Å². The Labute approximate surface area is 157 Å². The molecule has 0 rings (SSSR count). The highest BCUT2D eigenvalue weighted by Crippen LogP contribution is 2.13. The lowest BCUT2D eigenvalue weighted by Gasteiger charge is -2.04. The van der Waals surface area contributed by atoms with E-state index in [-0.39, 0.29) is 5.75 Å². The van der Waals surface area contributed by atoms with Gasteiger partial charge in [-0.05, 0) is 13.0 Å². The van der Waals surface area contributed by atoms with Crippen LogP contribution in [-0.2, 0) is 10.1 Å². The van der Waals surface area contributed by atoms with Crippen LogP contribution in [0.4, 0.5) is 0 Å². The van der Waals surface area contributed by atoms with E-state index in [1.807, 2.05) is 0 Å². The predicted molar refractivity (Wildman–Crippen MR) is 109 cm³/mol. The normalized spacial score (nSPS) is 11.9. The topological polar surface area (TPSA) is 66.4 Å². The lowest BCUT2D eigenvalue weighted by molar-refractivity contribution is 0.479. The second kappa shape index (κ2) is 18.7. The molecule has 0 aliphatic carbocycles. The van der Waals surface area contributed by atoms with E-state index in [2.05, 4.69) is 12.2 Å². The first-order chi connectivity index (χ1) is 12.1. The van der Waals surface area contributed by atoms with E-state index in [0.717, 1.165) is 13.0 Å². The smallest absolute Gasteiger partial charge is 0.266 e. The van der Waals surface area contributed by atoms with Gasteiger partial charge in [0.15, 0.2) is 0 Å². The van der Waals surface area contributed by atoms with Crippen molar-refractivity contribution in [2.45, 2.75) is 110 Å². The van der Waals surface area contributed by atoms with Crippen molar-refractivity contribution in [2.75, 3.05) is 18.8 Å². The monoisotopic (exact) mass is 377 g/mol. The van der Waals surface area contributed by atoms with Crippen LogP contribution in [0.15, 0.2) is 0 Å². The third-order valence-corrected chi connectivity index (χ3v) is 5.46. The minimum atomic E-state index is -3.81. The first-order valence-corrected chi connectivity index (χ1v) is 12.3. The lowest BCUT2D eigenvalue weighted by atomic mass is 10.0. The van der Waals surface area contributed by atoms with E-state index in [9.17, 15) is 8.42 Å². The van der Waals surface area contributed by atoms with Gasteiger partial charge in [0, 0.05) is 6.54 Å². The maximum Gasteiger partial charge on any atom is 0.266 e. The molecule has 2 N–H and O–H groups in total. The van der Waals surface area contributed by atoms with Crippen LogP contribution in [0.2, 0.25) is 0 Å². The molecule has 0 spiro atoms. The van der Waals surface area contributed by atoms with E-state index in [1.54, 1.807) is 0 Å². The third-order valence-electron chi connectivity index (χ3n) is 4.74. The van der Waals surface area contributed by atoms with Crippen LogP contribution in [0, 0.1) is 0 Å². The molecule has 0 aliphatic rings. The van der Waals surface area contributed by atoms with Gasteiger partial charge in [-0.15, -0.1) is 0 Å². The van der Waals surface area contributed by atoms with E-state index in [4.69, 9.17) is 4.55 Å². The Bertz CT molecular complexity index is 358. The summed E-state index contributed by atoms with van der Waals surface area (Å²) in [5.74, 6) is -0.189. The van der Waals surface area contributed by atoms with Crippen LogP contribution in [0.1, 0.15) is 110 Å². The van der Waals surface area contributed by atoms with Crippen molar-refractivity contribution in [1.29, 1.82) is 0 Å². The minimum Gasteiger partial charge on any atom is -0.316 e. The van der Waals surface area contributed by atoms with Gasteiger partial charge in [-0.3, -0.25) is 4.55 Å². The van der Waals surface area contributed by atoms with Gasteiger partial charge in [-0.2, -0.15) is 8.42 Å². The molecule has 4 nitrogen and oxygen atoms in total.